The van der Waals surface area contributed by atoms with E-state index < -0.39 is 16.6 Å². The van der Waals surface area contributed by atoms with Crippen molar-refractivity contribution >= 4 is 56.2 Å². The van der Waals surface area contributed by atoms with Crippen molar-refractivity contribution in [1.29, 1.82) is 0 Å². The molecule has 16 heteroatoms. The molecule has 2 aliphatic heterocycles. The third-order valence-corrected chi connectivity index (χ3v) is 6.47. The van der Waals surface area contributed by atoms with Crippen molar-refractivity contribution in [1.82, 2.24) is 20.4 Å². The highest BCUT2D eigenvalue weighted by Crippen LogP contribution is 2.38. The van der Waals surface area contributed by atoms with Crippen molar-refractivity contribution in [3.63, 3.8) is 0 Å². The lowest BCUT2D eigenvalue weighted by atomic mass is 10.1. The van der Waals surface area contributed by atoms with Crippen LogP contribution < -0.4 is 27.0 Å². The Morgan fingerprint density at radius 1 is 0.816 bits per heavy atom. The van der Waals surface area contributed by atoms with Crippen LogP contribution >= 0.6 is 0 Å². The summed E-state index contributed by atoms with van der Waals surface area (Å²) in [4.78, 5) is 14.1. The van der Waals surface area contributed by atoms with Crippen molar-refractivity contribution in [2.24, 2.45) is 0 Å². The molecule has 38 heavy (non-hydrogen) atoms. The van der Waals surface area contributed by atoms with Gasteiger partial charge >= 0.3 is 0 Å². The zero-order valence-corrected chi connectivity index (χ0v) is 20.2. The maximum Gasteiger partial charge on any atom is 0.296 e. The van der Waals surface area contributed by atoms with Gasteiger partial charge in [0, 0.05) is 37.6 Å². The zero-order valence-electron chi connectivity index (χ0n) is 20.2. The monoisotopic (exact) mass is 532 g/mol. The Bertz CT molecular complexity index is 1500. The van der Waals surface area contributed by atoms with Crippen molar-refractivity contribution in [2.45, 2.75) is 0 Å². The number of nitrogens with one attached hydrogen (secondary N) is 2. The summed E-state index contributed by atoms with van der Waals surface area (Å²) in [5.74, 6) is -0.823. The number of morpholine rings is 2. The molecule has 2 aromatic carbocycles. The van der Waals surface area contributed by atoms with Gasteiger partial charge < -0.3 is 36.5 Å². The van der Waals surface area contributed by atoms with E-state index in [1.807, 2.05) is 4.90 Å². The smallest absolute Gasteiger partial charge is 0.296 e. The molecule has 0 amide bonds. The number of halogens is 2. The zero-order chi connectivity index (χ0) is 27.0. The maximum atomic E-state index is 14.6. The number of nitrogen functional groups attached to an aromatic ring is 3. The van der Waals surface area contributed by atoms with Crippen LogP contribution in [0.4, 0.5) is 43.2 Å². The summed E-state index contributed by atoms with van der Waals surface area (Å²) in [6.45, 7) is 3.98. The number of nitrogens with zero attached hydrogens (tertiary/aromatic N) is 5. The largest absolute Gasteiger partial charge is 0.397 e. The average Bonchev–Trinajstić information content (AvgIpc) is 3.48. The molecule has 202 valence electrons. The highest BCUT2D eigenvalue weighted by Gasteiger charge is 2.29. The Kier molecular flexibility index (Phi) is 6.73. The minimum absolute atomic E-state index is 0.0375. The minimum atomic E-state index is -0.708. The fourth-order valence-corrected chi connectivity index (χ4v) is 4.60. The van der Waals surface area contributed by atoms with Crippen LogP contribution in [0, 0.1) is 21.7 Å². The van der Waals surface area contributed by atoms with Crippen molar-refractivity contribution in [2.75, 3.05) is 79.6 Å². The molecule has 2 aromatic heterocycles. The molecule has 14 nitrogen and oxygen atoms in total. The minimum Gasteiger partial charge on any atom is -0.397 e. The fourth-order valence-electron chi connectivity index (χ4n) is 4.60. The topological polar surface area (TPSA) is 203 Å². The Morgan fingerprint density at radius 3 is 1.76 bits per heavy atom. The average molecular weight is 533 g/mol. The summed E-state index contributed by atoms with van der Waals surface area (Å²) < 4.78 is 39.4. The van der Waals surface area contributed by atoms with Crippen LogP contribution in [0.5, 0.6) is 0 Å². The number of nitro groups is 1. The highest BCUT2D eigenvalue weighted by molar-refractivity contribution is 5.96. The standard InChI is InChI=1S/C11H12FN5O3.C11H14FN5O/c12-8-9-6(11(13)15-14-9)5-7(17(18)19)10(8)16-1-3-20-4-2-16;12-8-9-6(11(14)16-15-9)5-7(13)10(8)17-1-3-18-4-2-17/h5H,1-4H2,(H3,13,14,15);5H,1-4,13H2,(H3,14,15,16). The van der Waals surface area contributed by atoms with Crippen molar-refractivity contribution in [3.8, 4) is 0 Å². The van der Waals surface area contributed by atoms with E-state index in [9.17, 15) is 18.9 Å². The molecule has 0 radical (unpaired) electrons. The number of nitrogens with two attached hydrogens (primary N) is 3. The van der Waals surface area contributed by atoms with Gasteiger partial charge in [0.2, 0.25) is 0 Å². The number of aromatic nitrogens is 4. The van der Waals surface area contributed by atoms with Crippen LogP contribution in [-0.2, 0) is 9.47 Å². The van der Waals surface area contributed by atoms with E-state index in [4.69, 9.17) is 26.7 Å². The summed E-state index contributed by atoms with van der Waals surface area (Å²) in [6.07, 6.45) is 0. The SMILES string of the molecule is Nc1cc2c(N)n[nH]c2c(F)c1N1CCOCC1.Nc1n[nH]c2c(F)c(N3CCOCC3)c([N+](=O)[O-])cc12. The Balaban J connectivity index is 0.000000156. The van der Waals surface area contributed by atoms with Gasteiger partial charge in [0.05, 0.1) is 48.1 Å². The molecule has 0 spiro atoms. The van der Waals surface area contributed by atoms with E-state index in [0.29, 0.717) is 74.9 Å². The second kappa shape index (κ2) is 10.1. The first-order valence-corrected chi connectivity index (χ1v) is 11.7. The van der Waals surface area contributed by atoms with Gasteiger partial charge in [-0.05, 0) is 6.07 Å². The van der Waals surface area contributed by atoms with Gasteiger partial charge in [-0.15, -0.1) is 0 Å². The number of hydrogen-bond acceptors (Lipinski definition) is 11. The summed E-state index contributed by atoms with van der Waals surface area (Å²) in [7, 11) is 0. The van der Waals surface area contributed by atoms with Crippen LogP contribution in [-0.4, -0.2) is 77.9 Å². The lowest BCUT2D eigenvalue weighted by Crippen LogP contribution is -2.37. The second-order valence-electron chi connectivity index (χ2n) is 8.71. The number of rotatable bonds is 3. The molecule has 0 aliphatic carbocycles. The van der Waals surface area contributed by atoms with E-state index in [2.05, 4.69) is 20.4 Å². The van der Waals surface area contributed by atoms with Gasteiger partial charge in [-0.25, -0.2) is 8.78 Å². The Morgan fingerprint density at radius 2 is 1.26 bits per heavy atom. The third kappa shape index (κ3) is 4.43. The predicted molar refractivity (Wildman–Crippen MR) is 138 cm³/mol. The first kappa shape index (κ1) is 25.2. The van der Waals surface area contributed by atoms with E-state index in [1.165, 1.54) is 6.07 Å². The Hall–Kier alpha value is -4.44. The van der Waals surface area contributed by atoms with E-state index in [-0.39, 0.29) is 33.9 Å². The number of hydrogen-bond donors (Lipinski definition) is 5. The number of H-pyrrole nitrogens is 2. The quantitative estimate of drug-likeness (QED) is 0.146. The fraction of sp³-hybridized carbons (Fsp3) is 0.364. The molecule has 2 aliphatic rings. The van der Waals surface area contributed by atoms with E-state index >= 15 is 0 Å². The number of anilines is 5. The summed E-state index contributed by atoms with van der Waals surface area (Å²) >= 11 is 0. The first-order chi connectivity index (χ1) is 18.3. The van der Waals surface area contributed by atoms with Crippen molar-refractivity contribution < 1.29 is 23.2 Å². The lowest BCUT2D eigenvalue weighted by molar-refractivity contribution is -0.384. The van der Waals surface area contributed by atoms with Gasteiger partial charge in [0.25, 0.3) is 5.69 Å². The first-order valence-electron chi connectivity index (χ1n) is 11.7. The molecule has 4 heterocycles. The molecular formula is C22H26F2N10O4. The summed E-state index contributed by atoms with van der Waals surface area (Å²) in [5, 5.41) is 24.5. The highest BCUT2D eigenvalue weighted by atomic mass is 19.1. The van der Waals surface area contributed by atoms with E-state index in [0.717, 1.165) is 0 Å². The van der Waals surface area contributed by atoms with Crippen LogP contribution in [0.15, 0.2) is 12.1 Å². The van der Waals surface area contributed by atoms with Gasteiger partial charge in [-0.3, -0.25) is 20.3 Å². The molecule has 0 unspecified atom stereocenters. The molecule has 6 rings (SSSR count). The molecule has 8 N–H and O–H groups in total. The maximum absolute atomic E-state index is 14.6. The molecule has 2 fully saturated rings. The molecule has 0 saturated carbocycles. The van der Waals surface area contributed by atoms with Crippen LogP contribution in [0.3, 0.4) is 0 Å². The van der Waals surface area contributed by atoms with E-state index in [1.54, 1.807) is 11.0 Å². The molecule has 0 bridgehead atoms. The van der Waals surface area contributed by atoms with Crippen LogP contribution in [0.2, 0.25) is 0 Å². The lowest BCUT2D eigenvalue weighted by Gasteiger charge is -2.30. The molecule has 0 atom stereocenters. The number of nitro benzene ring substituents is 1. The van der Waals surface area contributed by atoms with Crippen molar-refractivity contribution in [3.05, 3.63) is 33.9 Å². The van der Waals surface area contributed by atoms with Crippen LogP contribution in [0.1, 0.15) is 0 Å². The molecular weight excluding hydrogens is 506 g/mol. The van der Waals surface area contributed by atoms with Gasteiger partial charge in [0.15, 0.2) is 29.0 Å². The number of ether oxygens (including phenoxy) is 2. The molecule has 4 aromatic rings. The number of benzene rings is 2. The summed E-state index contributed by atoms with van der Waals surface area (Å²) in [5.41, 5.74) is 17.9. The third-order valence-electron chi connectivity index (χ3n) is 6.47. The number of aromatic amines is 2. The van der Waals surface area contributed by atoms with Gasteiger partial charge in [0.1, 0.15) is 11.0 Å². The second-order valence-corrected chi connectivity index (χ2v) is 8.71. The molecule has 2 saturated heterocycles. The normalized spacial score (nSPS) is 16.1. The summed E-state index contributed by atoms with van der Waals surface area (Å²) in [6, 6.07) is 2.91. The van der Waals surface area contributed by atoms with Gasteiger partial charge in [-0.1, -0.05) is 0 Å². The van der Waals surface area contributed by atoms with Gasteiger partial charge in [-0.2, -0.15) is 10.2 Å². The van der Waals surface area contributed by atoms with Crippen LogP contribution in [0.25, 0.3) is 21.8 Å². The number of fused-ring (bicyclic) bond motifs is 2. The predicted octanol–water partition coefficient (Wildman–Crippen LogP) is 1.73. The Labute approximate surface area is 213 Å².